The Balaban J connectivity index is 1.66. The largest absolute Gasteiger partial charge is 0.497 e. The van der Waals surface area contributed by atoms with E-state index in [0.717, 1.165) is 49.9 Å². The standard InChI is InChI=1S/C17H27N3O4/c1-22-15-3-4-16(23-2)14(13-15)5-6-18-17(21)19-7-8-20-9-11-24-12-10-20/h3-4,13H,5-12H2,1-2H3,(H2,18,19,21). The quantitative estimate of drug-likeness (QED) is 0.737. The molecule has 0 saturated carbocycles. The Morgan fingerprint density at radius 2 is 1.92 bits per heavy atom. The summed E-state index contributed by atoms with van der Waals surface area (Å²) in [5, 5.41) is 5.75. The Bertz CT molecular complexity index is 519. The molecular formula is C17H27N3O4. The smallest absolute Gasteiger partial charge is 0.314 e. The van der Waals surface area contributed by atoms with Gasteiger partial charge in [0.25, 0.3) is 0 Å². The monoisotopic (exact) mass is 337 g/mol. The summed E-state index contributed by atoms with van der Waals surface area (Å²) in [6.07, 6.45) is 0.678. The van der Waals surface area contributed by atoms with Gasteiger partial charge in [-0.15, -0.1) is 0 Å². The van der Waals surface area contributed by atoms with Crippen LogP contribution in [0.4, 0.5) is 4.79 Å². The van der Waals surface area contributed by atoms with Gasteiger partial charge < -0.3 is 24.8 Å². The van der Waals surface area contributed by atoms with Gasteiger partial charge in [0.05, 0.1) is 27.4 Å². The number of rotatable bonds is 8. The maximum absolute atomic E-state index is 11.8. The van der Waals surface area contributed by atoms with Crippen LogP contribution in [0.3, 0.4) is 0 Å². The summed E-state index contributed by atoms with van der Waals surface area (Å²) in [4.78, 5) is 14.1. The predicted octanol–water partition coefficient (Wildman–Crippen LogP) is 0.878. The van der Waals surface area contributed by atoms with E-state index in [1.165, 1.54) is 0 Å². The molecule has 1 fully saturated rings. The van der Waals surface area contributed by atoms with Crippen molar-refractivity contribution in [2.24, 2.45) is 0 Å². The molecule has 0 unspecified atom stereocenters. The van der Waals surface area contributed by atoms with Crippen molar-refractivity contribution in [2.75, 3.05) is 60.2 Å². The van der Waals surface area contributed by atoms with Crippen molar-refractivity contribution in [1.82, 2.24) is 15.5 Å². The summed E-state index contributed by atoms with van der Waals surface area (Å²) in [5.41, 5.74) is 1.01. The van der Waals surface area contributed by atoms with Crippen molar-refractivity contribution < 1.29 is 19.0 Å². The molecule has 2 N–H and O–H groups in total. The summed E-state index contributed by atoms with van der Waals surface area (Å²) >= 11 is 0. The van der Waals surface area contributed by atoms with E-state index in [-0.39, 0.29) is 6.03 Å². The topological polar surface area (TPSA) is 72.1 Å². The third kappa shape index (κ3) is 5.90. The van der Waals surface area contributed by atoms with E-state index in [2.05, 4.69) is 15.5 Å². The van der Waals surface area contributed by atoms with E-state index in [9.17, 15) is 4.79 Å². The second-order valence-corrected chi connectivity index (χ2v) is 5.56. The molecule has 2 rings (SSSR count). The number of carbonyl (C=O) groups is 1. The SMILES string of the molecule is COc1ccc(OC)c(CCNC(=O)NCCN2CCOCC2)c1. The molecule has 1 aromatic rings. The van der Waals surface area contributed by atoms with Crippen LogP contribution in [-0.4, -0.2) is 71.1 Å². The fourth-order valence-corrected chi connectivity index (χ4v) is 2.60. The van der Waals surface area contributed by atoms with Gasteiger partial charge in [-0.2, -0.15) is 0 Å². The van der Waals surface area contributed by atoms with Crippen LogP contribution in [0, 0.1) is 0 Å². The van der Waals surface area contributed by atoms with Gasteiger partial charge in [0.15, 0.2) is 0 Å². The Hall–Kier alpha value is -1.99. The van der Waals surface area contributed by atoms with Crippen molar-refractivity contribution in [3.8, 4) is 11.5 Å². The third-order valence-corrected chi connectivity index (χ3v) is 3.98. The Kier molecular flexibility index (Phi) is 7.64. The summed E-state index contributed by atoms with van der Waals surface area (Å²) in [6.45, 7) is 5.42. The number of carbonyl (C=O) groups excluding carboxylic acids is 1. The highest BCUT2D eigenvalue weighted by Crippen LogP contribution is 2.24. The molecule has 0 atom stereocenters. The first-order valence-corrected chi connectivity index (χ1v) is 8.25. The van der Waals surface area contributed by atoms with Crippen molar-refractivity contribution in [2.45, 2.75) is 6.42 Å². The minimum absolute atomic E-state index is 0.148. The Morgan fingerprint density at radius 1 is 1.17 bits per heavy atom. The molecule has 24 heavy (non-hydrogen) atoms. The van der Waals surface area contributed by atoms with Gasteiger partial charge in [-0.25, -0.2) is 4.79 Å². The van der Waals surface area contributed by atoms with Crippen LogP contribution in [0.25, 0.3) is 0 Å². The van der Waals surface area contributed by atoms with Crippen LogP contribution in [0.15, 0.2) is 18.2 Å². The molecule has 1 aliphatic heterocycles. The zero-order valence-electron chi connectivity index (χ0n) is 14.5. The van der Waals surface area contributed by atoms with Crippen molar-refractivity contribution >= 4 is 6.03 Å². The third-order valence-electron chi connectivity index (χ3n) is 3.98. The molecule has 7 nitrogen and oxygen atoms in total. The summed E-state index contributed by atoms with van der Waals surface area (Å²) in [6, 6.07) is 5.51. The molecule has 0 bridgehead atoms. The number of benzene rings is 1. The number of methoxy groups -OCH3 is 2. The van der Waals surface area contributed by atoms with Crippen LogP contribution >= 0.6 is 0 Å². The van der Waals surface area contributed by atoms with E-state index in [0.29, 0.717) is 19.5 Å². The first kappa shape index (κ1) is 18.4. The molecule has 0 spiro atoms. The highest BCUT2D eigenvalue weighted by atomic mass is 16.5. The van der Waals surface area contributed by atoms with E-state index < -0.39 is 0 Å². The van der Waals surface area contributed by atoms with Gasteiger partial charge in [0.2, 0.25) is 0 Å². The average Bonchev–Trinajstić information content (AvgIpc) is 2.62. The molecule has 1 aliphatic rings. The molecule has 1 aromatic carbocycles. The second-order valence-electron chi connectivity index (χ2n) is 5.56. The molecule has 0 radical (unpaired) electrons. The lowest BCUT2D eigenvalue weighted by atomic mass is 10.1. The number of nitrogens with one attached hydrogen (secondary N) is 2. The number of hydrogen-bond donors (Lipinski definition) is 2. The molecule has 2 amide bonds. The number of amides is 2. The highest BCUT2D eigenvalue weighted by Gasteiger charge is 2.10. The number of hydrogen-bond acceptors (Lipinski definition) is 5. The number of ether oxygens (including phenoxy) is 3. The molecule has 0 aromatic heterocycles. The van der Waals surface area contributed by atoms with Crippen LogP contribution in [0.5, 0.6) is 11.5 Å². The van der Waals surface area contributed by atoms with E-state index in [1.807, 2.05) is 18.2 Å². The molecule has 1 heterocycles. The van der Waals surface area contributed by atoms with Gasteiger partial charge >= 0.3 is 6.03 Å². The van der Waals surface area contributed by atoms with E-state index >= 15 is 0 Å². The molecule has 0 aliphatic carbocycles. The average molecular weight is 337 g/mol. The van der Waals surface area contributed by atoms with Crippen LogP contribution in [-0.2, 0) is 11.2 Å². The number of nitrogens with zero attached hydrogens (tertiary/aromatic N) is 1. The van der Waals surface area contributed by atoms with Gasteiger partial charge in [-0.1, -0.05) is 0 Å². The molecular weight excluding hydrogens is 310 g/mol. The minimum atomic E-state index is -0.148. The maximum Gasteiger partial charge on any atom is 0.314 e. The lowest BCUT2D eigenvalue weighted by Crippen LogP contribution is -2.44. The van der Waals surface area contributed by atoms with Crippen molar-refractivity contribution in [1.29, 1.82) is 0 Å². The van der Waals surface area contributed by atoms with Crippen molar-refractivity contribution in [3.05, 3.63) is 23.8 Å². The Morgan fingerprint density at radius 3 is 2.62 bits per heavy atom. The number of urea groups is 1. The molecule has 1 saturated heterocycles. The normalized spacial score (nSPS) is 14.9. The fourth-order valence-electron chi connectivity index (χ4n) is 2.60. The number of morpholine rings is 1. The Labute approximate surface area is 143 Å². The maximum atomic E-state index is 11.8. The fraction of sp³-hybridized carbons (Fsp3) is 0.588. The molecule has 134 valence electrons. The summed E-state index contributed by atoms with van der Waals surface area (Å²) in [7, 11) is 3.27. The zero-order chi connectivity index (χ0) is 17.2. The summed E-state index contributed by atoms with van der Waals surface area (Å²) < 4.78 is 15.9. The van der Waals surface area contributed by atoms with Gasteiger partial charge in [0.1, 0.15) is 11.5 Å². The van der Waals surface area contributed by atoms with Gasteiger partial charge in [0, 0.05) is 32.7 Å². The second kappa shape index (κ2) is 10.00. The van der Waals surface area contributed by atoms with Crippen LogP contribution < -0.4 is 20.1 Å². The van der Waals surface area contributed by atoms with E-state index in [4.69, 9.17) is 14.2 Å². The van der Waals surface area contributed by atoms with Crippen LogP contribution in [0.1, 0.15) is 5.56 Å². The minimum Gasteiger partial charge on any atom is -0.497 e. The molecule has 7 heteroatoms. The first-order valence-electron chi connectivity index (χ1n) is 8.25. The van der Waals surface area contributed by atoms with Crippen molar-refractivity contribution in [3.63, 3.8) is 0 Å². The lowest BCUT2D eigenvalue weighted by Gasteiger charge is -2.26. The van der Waals surface area contributed by atoms with Gasteiger partial charge in [-0.3, -0.25) is 4.90 Å². The first-order chi connectivity index (χ1) is 11.7. The summed E-state index contributed by atoms with van der Waals surface area (Å²) in [5.74, 6) is 1.58. The zero-order valence-corrected chi connectivity index (χ0v) is 14.5. The van der Waals surface area contributed by atoms with E-state index in [1.54, 1.807) is 14.2 Å². The highest BCUT2D eigenvalue weighted by molar-refractivity contribution is 5.73. The van der Waals surface area contributed by atoms with Gasteiger partial charge in [-0.05, 0) is 30.2 Å². The van der Waals surface area contributed by atoms with Crippen LogP contribution in [0.2, 0.25) is 0 Å². The predicted molar refractivity (Wildman–Crippen MR) is 91.9 cm³/mol. The lowest BCUT2D eigenvalue weighted by molar-refractivity contribution is 0.0387.